The number of amides is 2. The van der Waals surface area contributed by atoms with E-state index in [1.807, 2.05) is 0 Å². The number of hydrogen-bond acceptors (Lipinski definition) is 13. The molecule has 328 valence electrons. The van der Waals surface area contributed by atoms with Crippen LogP contribution < -0.4 is 10.6 Å². The molecule has 4 bridgehead atoms. The molecule has 0 aromatic heterocycles. The van der Waals surface area contributed by atoms with Crippen LogP contribution in [0.1, 0.15) is 97.9 Å². The maximum atomic E-state index is 14.6. The van der Waals surface area contributed by atoms with Gasteiger partial charge in [0.1, 0.15) is 17.5 Å². The van der Waals surface area contributed by atoms with E-state index in [4.69, 9.17) is 4.74 Å². The average Bonchev–Trinajstić information content (AvgIpc) is 3.21. The Kier molecular flexibility index (Phi) is 18.3. The minimum atomic E-state index is -1.29. The highest BCUT2D eigenvalue weighted by Crippen LogP contribution is 2.40. The van der Waals surface area contributed by atoms with E-state index in [-0.39, 0.29) is 51.6 Å². The number of aliphatic hydroxyl groups excluding tert-OH is 3. The summed E-state index contributed by atoms with van der Waals surface area (Å²) in [5.41, 5.74) is -1.05. The Labute approximate surface area is 360 Å². The number of phenolic OH excluding ortho intramolecular Hbond substituents is 1. The maximum absolute atomic E-state index is 14.6. The third kappa shape index (κ3) is 13.0. The molecule has 1 aromatic rings. The minimum Gasteiger partial charge on any atom is -0.507 e. The lowest BCUT2D eigenvalue weighted by Gasteiger charge is -2.25. The quantitative estimate of drug-likeness (QED) is 0.172. The Hall–Kier alpha value is -5.48. The molecule has 3 aliphatic rings. The van der Waals surface area contributed by atoms with E-state index >= 15 is 0 Å². The SMILES string of the molecule is COC(=O)C(CSC1=C2NC(=O)\C(C)=C/C=C\C=C\C(C)C(O)CC(=O)/C(C)=C/CC(O)/C=C/[C@H](C)[C@H](O)[C@@H](C)/C=C(\C)C(=O)c3c(O)c(C)cc(c3C1=O)C2=O)NC(C)=O. The number of phenols is 1. The van der Waals surface area contributed by atoms with Crippen molar-refractivity contribution in [3.05, 3.63) is 110 Å². The first kappa shape index (κ1) is 49.9. The topological polar surface area (TPSA) is 234 Å². The molecule has 0 saturated carbocycles. The summed E-state index contributed by atoms with van der Waals surface area (Å²) in [6, 6.07) is -0.0499. The van der Waals surface area contributed by atoms with Gasteiger partial charge in [0, 0.05) is 53.6 Å². The molecule has 2 aliphatic heterocycles. The first-order valence-electron chi connectivity index (χ1n) is 19.8. The predicted molar refractivity (Wildman–Crippen MR) is 232 cm³/mol. The van der Waals surface area contributed by atoms with Gasteiger partial charge in [0.05, 0.1) is 35.9 Å². The third-order valence-electron chi connectivity index (χ3n) is 10.4. The van der Waals surface area contributed by atoms with E-state index in [1.165, 1.54) is 58.1 Å². The van der Waals surface area contributed by atoms with Gasteiger partial charge in [-0.1, -0.05) is 75.5 Å². The molecule has 14 nitrogen and oxygen atoms in total. The Bertz CT molecular complexity index is 2160. The Balaban J connectivity index is 2.23. The number of aromatic hydroxyl groups is 1. The predicted octanol–water partition coefficient (Wildman–Crippen LogP) is 4.86. The number of methoxy groups -OCH3 is 1. The summed E-state index contributed by atoms with van der Waals surface area (Å²) < 4.78 is 4.81. The molecule has 1 aromatic carbocycles. The standard InChI is InChI=1S/C46H56N2O12S/c1-23-13-11-10-12-14-26(4)45(58)48-38-42(56)32-20-29(7)41(55)37(36(32)43(57)44(38)61-22-33(46(59)60-9)47-30(8)49)40(54)28(6)19-27(5)39(53)25(3)16-18-31(50)17-15-24(2)35(52)21-34(23)51/h10-16,18-20,23,25,27,31,33-34,39,50-51,53,55H,17,21-22H2,1-9H3,(H,47,49)(H,48,58)/b12-10-,13-11+,18-16+,24-15+,26-14-,28-19+/t23?,25-,27-,31?,33?,34?,39-/m0/s1. The summed E-state index contributed by atoms with van der Waals surface area (Å²) in [4.78, 5) is 93.8. The number of carbonyl (C=O) groups is 7. The molecule has 7 atom stereocenters. The van der Waals surface area contributed by atoms with Crippen LogP contribution >= 0.6 is 11.8 Å². The molecule has 4 unspecified atom stereocenters. The molecule has 1 aliphatic carbocycles. The fraction of sp³-hybridized carbons (Fsp3) is 0.413. The van der Waals surface area contributed by atoms with Gasteiger partial charge in [-0.3, -0.25) is 28.8 Å². The molecular weight excluding hydrogens is 805 g/mol. The van der Waals surface area contributed by atoms with Crippen LogP contribution in [0.2, 0.25) is 0 Å². The minimum absolute atomic E-state index is 0.0252. The summed E-state index contributed by atoms with van der Waals surface area (Å²) >= 11 is 0.657. The summed E-state index contributed by atoms with van der Waals surface area (Å²) in [6.07, 6.45) is 10.9. The van der Waals surface area contributed by atoms with Crippen molar-refractivity contribution in [3.8, 4) is 5.75 Å². The average molecular weight is 861 g/mol. The van der Waals surface area contributed by atoms with Crippen LogP contribution in [0.3, 0.4) is 0 Å². The highest BCUT2D eigenvalue weighted by atomic mass is 32.2. The third-order valence-corrected chi connectivity index (χ3v) is 11.6. The Morgan fingerprint density at radius 1 is 0.852 bits per heavy atom. The van der Waals surface area contributed by atoms with Gasteiger partial charge in [-0.2, -0.15) is 0 Å². The summed E-state index contributed by atoms with van der Waals surface area (Å²) in [7, 11) is 1.10. The number of carbonyl (C=O) groups excluding carboxylic acids is 7. The fourth-order valence-corrected chi connectivity index (χ4v) is 7.56. The zero-order valence-corrected chi connectivity index (χ0v) is 36.7. The monoisotopic (exact) mass is 860 g/mol. The molecule has 4 rings (SSSR count). The normalized spacial score (nSPS) is 28.7. The van der Waals surface area contributed by atoms with Gasteiger partial charge in [-0.15, -0.1) is 11.8 Å². The fourth-order valence-electron chi connectivity index (χ4n) is 6.49. The van der Waals surface area contributed by atoms with Gasteiger partial charge in [0.2, 0.25) is 17.5 Å². The Morgan fingerprint density at radius 2 is 1.52 bits per heavy atom. The molecule has 0 saturated heterocycles. The van der Waals surface area contributed by atoms with E-state index in [0.29, 0.717) is 17.3 Å². The van der Waals surface area contributed by atoms with Crippen molar-refractivity contribution in [1.82, 2.24) is 10.6 Å². The van der Waals surface area contributed by atoms with Crippen molar-refractivity contribution >= 4 is 52.7 Å². The van der Waals surface area contributed by atoms with Crippen LogP contribution in [0, 0.1) is 24.7 Å². The number of nitrogens with one attached hydrogen (secondary N) is 2. The molecular formula is C46H56N2O12S. The van der Waals surface area contributed by atoms with E-state index in [0.717, 1.165) is 7.11 Å². The van der Waals surface area contributed by atoms with Crippen molar-refractivity contribution in [3.63, 3.8) is 0 Å². The molecule has 2 heterocycles. The first-order chi connectivity index (χ1) is 28.6. The smallest absolute Gasteiger partial charge is 0.329 e. The molecule has 0 spiro atoms. The number of aliphatic hydroxyl groups is 3. The highest BCUT2D eigenvalue weighted by molar-refractivity contribution is 8.04. The maximum Gasteiger partial charge on any atom is 0.329 e. The lowest BCUT2D eigenvalue weighted by molar-refractivity contribution is -0.144. The van der Waals surface area contributed by atoms with Crippen molar-refractivity contribution in [2.75, 3.05) is 12.9 Å². The number of rotatable bonds is 5. The Morgan fingerprint density at radius 3 is 2.16 bits per heavy atom. The van der Waals surface area contributed by atoms with E-state index < -0.39 is 99.8 Å². The van der Waals surface area contributed by atoms with Crippen LogP contribution in [0.25, 0.3) is 0 Å². The lowest BCUT2D eigenvalue weighted by atomic mass is 9.83. The van der Waals surface area contributed by atoms with Gasteiger partial charge >= 0.3 is 5.97 Å². The van der Waals surface area contributed by atoms with Crippen LogP contribution in [0.4, 0.5) is 0 Å². The van der Waals surface area contributed by atoms with Crippen molar-refractivity contribution in [2.45, 2.75) is 92.6 Å². The second-order valence-corrected chi connectivity index (χ2v) is 16.4. The number of benzene rings is 1. The van der Waals surface area contributed by atoms with E-state index in [2.05, 4.69) is 10.6 Å². The molecule has 0 fully saturated rings. The second-order valence-electron chi connectivity index (χ2n) is 15.4. The van der Waals surface area contributed by atoms with Crippen molar-refractivity contribution in [1.29, 1.82) is 0 Å². The van der Waals surface area contributed by atoms with E-state index in [9.17, 15) is 54.0 Å². The number of fused-ring (bicyclic) bond motifs is 18. The summed E-state index contributed by atoms with van der Waals surface area (Å²) in [6.45, 7) is 12.2. The molecule has 0 radical (unpaired) electrons. The van der Waals surface area contributed by atoms with Gasteiger partial charge < -0.3 is 35.8 Å². The van der Waals surface area contributed by atoms with Gasteiger partial charge in [0.25, 0.3) is 5.91 Å². The molecule has 15 heteroatoms. The van der Waals surface area contributed by atoms with Crippen LogP contribution in [0.15, 0.2) is 88.1 Å². The largest absolute Gasteiger partial charge is 0.507 e. The second kappa shape index (κ2) is 22.4. The molecule has 6 N–H and O–H groups in total. The number of esters is 1. The number of allylic oxidation sites excluding steroid dienone is 8. The van der Waals surface area contributed by atoms with Crippen LogP contribution in [-0.4, -0.2) is 98.6 Å². The van der Waals surface area contributed by atoms with Crippen molar-refractivity contribution in [2.24, 2.45) is 17.8 Å². The van der Waals surface area contributed by atoms with Crippen LogP contribution in [-0.2, 0) is 23.9 Å². The number of Topliss-reactive ketones (excluding diaryl/α,β-unsaturated/α-hetero) is 4. The zero-order valence-electron chi connectivity index (χ0n) is 35.9. The van der Waals surface area contributed by atoms with Gasteiger partial charge in [0.15, 0.2) is 11.6 Å². The number of aryl methyl sites for hydroxylation is 1. The number of thioether (sulfide) groups is 1. The molecule has 2 amide bonds. The first-order valence-corrected chi connectivity index (χ1v) is 20.8. The number of hydrogen-bond donors (Lipinski definition) is 6. The van der Waals surface area contributed by atoms with Crippen molar-refractivity contribution < 1.29 is 58.7 Å². The summed E-state index contributed by atoms with van der Waals surface area (Å²) in [5, 5.41) is 48.8. The number of ketones is 4. The highest BCUT2D eigenvalue weighted by Gasteiger charge is 2.40. The molecule has 61 heavy (non-hydrogen) atoms. The van der Waals surface area contributed by atoms with Crippen LogP contribution in [0.5, 0.6) is 5.75 Å². The zero-order chi connectivity index (χ0) is 45.9. The number of ether oxygens (including phenoxy) is 1. The van der Waals surface area contributed by atoms with Gasteiger partial charge in [-0.05, 0) is 56.9 Å². The van der Waals surface area contributed by atoms with Gasteiger partial charge in [-0.25, -0.2) is 4.79 Å². The lowest BCUT2D eigenvalue weighted by Crippen LogP contribution is -2.42. The van der Waals surface area contributed by atoms with E-state index in [1.54, 1.807) is 58.1 Å². The summed E-state index contributed by atoms with van der Waals surface area (Å²) in [5.74, 6) is -7.66.